The van der Waals surface area contributed by atoms with Crippen LogP contribution in [0, 0.1) is 17.8 Å². The second kappa shape index (κ2) is 10.1. The molecular formula is C33H35NO3. The van der Waals surface area contributed by atoms with Crippen LogP contribution in [0.25, 0.3) is 6.08 Å². The summed E-state index contributed by atoms with van der Waals surface area (Å²) in [5, 5.41) is 3.59. The molecule has 4 nitrogen and oxygen atoms in total. The molecule has 4 heteroatoms. The lowest BCUT2D eigenvalue weighted by molar-refractivity contribution is -0.138. The van der Waals surface area contributed by atoms with Gasteiger partial charge >= 0.3 is 5.97 Å². The molecule has 3 aromatic rings. The van der Waals surface area contributed by atoms with Gasteiger partial charge in [-0.25, -0.2) is 4.79 Å². The smallest absolute Gasteiger partial charge is 0.331 e. The molecule has 4 bridgehead atoms. The van der Waals surface area contributed by atoms with Gasteiger partial charge in [-0.05, 0) is 109 Å². The Hall–Kier alpha value is -3.53. The van der Waals surface area contributed by atoms with Gasteiger partial charge in [0.05, 0.1) is 7.11 Å². The Morgan fingerprint density at radius 3 is 2.19 bits per heavy atom. The number of carbonyl (C=O) groups excluding carboxylic acids is 1. The van der Waals surface area contributed by atoms with Crippen molar-refractivity contribution in [3.05, 3.63) is 95.6 Å². The molecular weight excluding hydrogens is 458 g/mol. The van der Waals surface area contributed by atoms with Crippen molar-refractivity contribution in [1.29, 1.82) is 0 Å². The third-order valence-corrected chi connectivity index (χ3v) is 8.64. The van der Waals surface area contributed by atoms with E-state index >= 15 is 0 Å². The van der Waals surface area contributed by atoms with Crippen molar-refractivity contribution in [1.82, 2.24) is 0 Å². The lowest BCUT2D eigenvalue weighted by Gasteiger charge is -2.57. The monoisotopic (exact) mass is 493 g/mol. The number of hydrogen-bond donors (Lipinski definition) is 1. The standard InChI is InChI=1S/C33H35NO3/c1-36-31-13-12-29(18-30(31)33-19-25-15-26(20-33)17-27(16-25)21-33)34-28-10-7-23(8-11-28)9-14-32(35)37-22-24-5-3-2-4-6-24/h2-14,18,25-27,34H,15-17,19-22H2,1H3/b14-9+. The molecule has 4 aliphatic carbocycles. The maximum atomic E-state index is 12.1. The zero-order valence-corrected chi connectivity index (χ0v) is 21.5. The number of esters is 1. The van der Waals surface area contributed by atoms with Crippen LogP contribution in [-0.4, -0.2) is 13.1 Å². The second-order valence-electron chi connectivity index (χ2n) is 11.3. The molecule has 7 rings (SSSR count). The second-order valence-corrected chi connectivity index (χ2v) is 11.3. The van der Waals surface area contributed by atoms with Gasteiger partial charge in [-0.15, -0.1) is 0 Å². The van der Waals surface area contributed by atoms with Gasteiger partial charge < -0.3 is 14.8 Å². The van der Waals surface area contributed by atoms with Gasteiger partial charge in [0.2, 0.25) is 0 Å². The summed E-state index contributed by atoms with van der Waals surface area (Å²) in [5.74, 6) is 3.37. The summed E-state index contributed by atoms with van der Waals surface area (Å²) in [6.07, 6.45) is 11.5. The molecule has 4 aliphatic rings. The molecule has 4 fully saturated rings. The van der Waals surface area contributed by atoms with E-state index in [1.54, 1.807) is 13.2 Å². The summed E-state index contributed by atoms with van der Waals surface area (Å²) in [5.41, 5.74) is 5.72. The zero-order chi connectivity index (χ0) is 25.2. The lowest BCUT2D eigenvalue weighted by atomic mass is 9.48. The van der Waals surface area contributed by atoms with E-state index < -0.39 is 0 Å². The Balaban J connectivity index is 1.12. The summed E-state index contributed by atoms with van der Waals surface area (Å²) in [6.45, 7) is 0.278. The first kappa shape index (κ1) is 23.8. The number of nitrogens with one attached hydrogen (secondary N) is 1. The molecule has 1 N–H and O–H groups in total. The van der Waals surface area contributed by atoms with Crippen LogP contribution in [0.15, 0.2) is 78.9 Å². The Kier molecular flexibility index (Phi) is 6.50. The van der Waals surface area contributed by atoms with Gasteiger partial charge in [-0.1, -0.05) is 42.5 Å². The number of benzene rings is 3. The van der Waals surface area contributed by atoms with E-state index in [9.17, 15) is 4.79 Å². The van der Waals surface area contributed by atoms with E-state index in [4.69, 9.17) is 9.47 Å². The van der Waals surface area contributed by atoms with Crippen LogP contribution in [0.4, 0.5) is 11.4 Å². The average Bonchev–Trinajstić information content (AvgIpc) is 2.91. The lowest BCUT2D eigenvalue weighted by Crippen LogP contribution is -2.48. The number of ether oxygens (including phenoxy) is 2. The fraction of sp³-hybridized carbons (Fsp3) is 0.364. The molecule has 0 radical (unpaired) electrons. The zero-order valence-electron chi connectivity index (χ0n) is 21.5. The maximum absolute atomic E-state index is 12.1. The molecule has 0 spiro atoms. The van der Waals surface area contributed by atoms with Gasteiger partial charge in [0.1, 0.15) is 12.4 Å². The van der Waals surface area contributed by atoms with E-state index in [1.165, 1.54) is 50.2 Å². The highest BCUT2D eigenvalue weighted by Gasteiger charge is 2.52. The Labute approximate surface area is 219 Å². The van der Waals surface area contributed by atoms with Crippen molar-refractivity contribution in [2.75, 3.05) is 12.4 Å². The molecule has 0 heterocycles. The van der Waals surface area contributed by atoms with Gasteiger partial charge in [-0.2, -0.15) is 0 Å². The number of anilines is 2. The Bertz CT molecular complexity index is 1240. The third-order valence-electron chi connectivity index (χ3n) is 8.64. The van der Waals surface area contributed by atoms with E-state index in [2.05, 4.69) is 23.5 Å². The molecule has 3 aromatic carbocycles. The first-order valence-electron chi connectivity index (χ1n) is 13.5. The minimum Gasteiger partial charge on any atom is -0.496 e. The van der Waals surface area contributed by atoms with E-state index in [0.717, 1.165) is 46.0 Å². The summed E-state index contributed by atoms with van der Waals surface area (Å²) in [7, 11) is 1.80. The Morgan fingerprint density at radius 1 is 0.892 bits per heavy atom. The molecule has 0 aromatic heterocycles. The van der Waals surface area contributed by atoms with E-state index in [1.807, 2.05) is 54.6 Å². The predicted octanol–water partition coefficient (Wildman–Crippen LogP) is 7.66. The molecule has 0 saturated heterocycles. The fourth-order valence-electron chi connectivity index (χ4n) is 7.43. The normalized spacial score (nSPS) is 25.8. The third kappa shape index (κ3) is 5.16. The van der Waals surface area contributed by atoms with Crippen LogP contribution in [-0.2, 0) is 21.6 Å². The average molecular weight is 494 g/mol. The molecule has 0 aliphatic heterocycles. The SMILES string of the molecule is COc1ccc(Nc2ccc(/C=C/C(=O)OCc3ccccc3)cc2)cc1C12CC3CC(CC(C3)C1)C2. The summed E-state index contributed by atoms with van der Waals surface area (Å²) >= 11 is 0. The van der Waals surface area contributed by atoms with Crippen LogP contribution in [0.1, 0.15) is 55.2 Å². The maximum Gasteiger partial charge on any atom is 0.331 e. The molecule has 190 valence electrons. The summed E-state index contributed by atoms with van der Waals surface area (Å²) in [6, 6.07) is 24.4. The van der Waals surface area contributed by atoms with Crippen LogP contribution in [0.2, 0.25) is 0 Å². The first-order chi connectivity index (χ1) is 18.1. The van der Waals surface area contributed by atoms with Crippen molar-refractivity contribution in [2.24, 2.45) is 17.8 Å². The minimum absolute atomic E-state index is 0.278. The quantitative estimate of drug-likeness (QED) is 0.258. The highest BCUT2D eigenvalue weighted by atomic mass is 16.5. The number of hydrogen-bond acceptors (Lipinski definition) is 4. The van der Waals surface area contributed by atoms with E-state index in [-0.39, 0.29) is 18.0 Å². The topological polar surface area (TPSA) is 47.6 Å². The summed E-state index contributed by atoms with van der Waals surface area (Å²) in [4.78, 5) is 12.1. The Morgan fingerprint density at radius 2 is 1.54 bits per heavy atom. The van der Waals surface area contributed by atoms with Crippen LogP contribution in [0.3, 0.4) is 0 Å². The molecule has 0 amide bonds. The highest BCUT2D eigenvalue weighted by Crippen LogP contribution is 2.62. The van der Waals surface area contributed by atoms with Crippen LogP contribution >= 0.6 is 0 Å². The van der Waals surface area contributed by atoms with Gasteiger partial charge in [0.25, 0.3) is 0 Å². The van der Waals surface area contributed by atoms with Gasteiger partial charge in [0.15, 0.2) is 0 Å². The number of rotatable bonds is 8. The van der Waals surface area contributed by atoms with Crippen molar-refractivity contribution >= 4 is 23.4 Å². The molecule has 0 unspecified atom stereocenters. The van der Waals surface area contributed by atoms with E-state index in [0.29, 0.717) is 0 Å². The van der Waals surface area contributed by atoms with Crippen molar-refractivity contribution < 1.29 is 14.3 Å². The molecule has 37 heavy (non-hydrogen) atoms. The number of carbonyl (C=O) groups is 1. The van der Waals surface area contributed by atoms with Gasteiger partial charge in [0, 0.05) is 23.0 Å². The van der Waals surface area contributed by atoms with Crippen molar-refractivity contribution in [3.8, 4) is 5.75 Å². The van der Waals surface area contributed by atoms with Crippen LogP contribution in [0.5, 0.6) is 5.75 Å². The minimum atomic E-state index is -0.346. The predicted molar refractivity (Wildman–Crippen MR) is 148 cm³/mol. The first-order valence-corrected chi connectivity index (χ1v) is 13.5. The summed E-state index contributed by atoms with van der Waals surface area (Å²) < 4.78 is 11.2. The molecule has 0 atom stereocenters. The highest BCUT2D eigenvalue weighted by molar-refractivity contribution is 5.87. The largest absolute Gasteiger partial charge is 0.496 e. The number of methoxy groups -OCH3 is 1. The fourth-order valence-corrected chi connectivity index (χ4v) is 7.43. The van der Waals surface area contributed by atoms with Crippen molar-refractivity contribution in [3.63, 3.8) is 0 Å². The van der Waals surface area contributed by atoms with Gasteiger partial charge in [-0.3, -0.25) is 0 Å². The molecule has 4 saturated carbocycles. The van der Waals surface area contributed by atoms with Crippen LogP contribution < -0.4 is 10.1 Å². The van der Waals surface area contributed by atoms with Crippen molar-refractivity contribution in [2.45, 2.75) is 50.5 Å².